The van der Waals surface area contributed by atoms with Crippen molar-refractivity contribution in [1.29, 1.82) is 0 Å². The van der Waals surface area contributed by atoms with Crippen LogP contribution in [0.15, 0.2) is 0 Å². The number of alkyl halides is 3. The van der Waals surface area contributed by atoms with E-state index in [1.54, 1.807) is 0 Å². The summed E-state index contributed by atoms with van der Waals surface area (Å²) < 4.78 is 36.2. The number of rotatable bonds is 3. The second-order valence-corrected chi connectivity index (χ2v) is 5.65. The zero-order chi connectivity index (χ0) is 12.7. The topological polar surface area (TPSA) is 23.5 Å². The van der Waals surface area contributed by atoms with Gasteiger partial charge in [0.25, 0.3) is 0 Å². The van der Waals surface area contributed by atoms with Crippen LogP contribution in [0.2, 0.25) is 0 Å². The summed E-state index contributed by atoms with van der Waals surface area (Å²) in [5, 5.41) is 10.4. The zero-order valence-electron chi connectivity index (χ0n) is 10.1. The molecule has 17 heavy (non-hydrogen) atoms. The summed E-state index contributed by atoms with van der Waals surface area (Å²) in [5.74, 6) is 0. The van der Waals surface area contributed by atoms with Crippen molar-refractivity contribution in [2.75, 3.05) is 7.05 Å². The van der Waals surface area contributed by atoms with Gasteiger partial charge in [-0.15, -0.1) is 0 Å². The molecule has 0 aromatic carbocycles. The van der Waals surface area contributed by atoms with Gasteiger partial charge in [0.1, 0.15) is 0 Å². The van der Waals surface area contributed by atoms with Gasteiger partial charge in [0.2, 0.25) is 0 Å². The van der Waals surface area contributed by atoms with Crippen LogP contribution in [0, 0.1) is 0 Å². The van der Waals surface area contributed by atoms with Crippen LogP contribution in [0.4, 0.5) is 13.2 Å². The van der Waals surface area contributed by atoms with Gasteiger partial charge in [0.15, 0.2) is 0 Å². The molecule has 0 aliphatic carbocycles. The Labute approximate surface area is 99.8 Å². The molecule has 2 heterocycles. The minimum Gasteiger partial charge on any atom is -0.390 e. The summed E-state index contributed by atoms with van der Waals surface area (Å²) in [5.41, 5.74) is -0.858. The van der Waals surface area contributed by atoms with Crippen LogP contribution in [0.1, 0.15) is 44.9 Å². The quantitative estimate of drug-likeness (QED) is 0.833. The summed E-state index contributed by atoms with van der Waals surface area (Å²) >= 11 is 0. The molecule has 2 aliphatic heterocycles. The Bertz CT molecular complexity index is 265. The van der Waals surface area contributed by atoms with Gasteiger partial charge in [0.05, 0.1) is 5.60 Å². The lowest BCUT2D eigenvalue weighted by Gasteiger charge is -2.42. The van der Waals surface area contributed by atoms with Gasteiger partial charge in [-0.1, -0.05) is 0 Å². The molecule has 2 atom stereocenters. The van der Waals surface area contributed by atoms with Crippen molar-refractivity contribution < 1.29 is 18.3 Å². The van der Waals surface area contributed by atoms with E-state index < -0.39 is 18.2 Å². The lowest BCUT2D eigenvalue weighted by Crippen LogP contribution is -2.49. The zero-order valence-corrected chi connectivity index (χ0v) is 10.1. The fourth-order valence-corrected chi connectivity index (χ4v) is 3.36. The summed E-state index contributed by atoms with van der Waals surface area (Å²) in [6.07, 6.45) is -1.13. The number of hydrogen-bond acceptors (Lipinski definition) is 2. The third-order valence-electron chi connectivity index (χ3n) is 4.32. The highest BCUT2D eigenvalue weighted by molar-refractivity contribution is 5.00. The number of piperidine rings is 1. The summed E-state index contributed by atoms with van der Waals surface area (Å²) in [7, 11) is 2.05. The highest BCUT2D eigenvalue weighted by atomic mass is 19.4. The lowest BCUT2D eigenvalue weighted by molar-refractivity contribution is -0.139. The second-order valence-electron chi connectivity index (χ2n) is 5.65. The predicted molar refractivity (Wildman–Crippen MR) is 58.7 cm³/mol. The van der Waals surface area contributed by atoms with E-state index in [-0.39, 0.29) is 12.8 Å². The largest absolute Gasteiger partial charge is 0.390 e. The third kappa shape index (κ3) is 3.13. The molecule has 2 bridgehead atoms. The first kappa shape index (κ1) is 13.1. The predicted octanol–water partition coefficient (Wildman–Crippen LogP) is 2.71. The van der Waals surface area contributed by atoms with Crippen molar-refractivity contribution in [3.8, 4) is 0 Å². The van der Waals surface area contributed by atoms with E-state index in [4.69, 9.17) is 0 Å². The van der Waals surface area contributed by atoms with Crippen LogP contribution < -0.4 is 0 Å². The number of halogens is 3. The van der Waals surface area contributed by atoms with Gasteiger partial charge in [-0.25, -0.2) is 0 Å². The average Bonchev–Trinajstić information content (AvgIpc) is 2.43. The van der Waals surface area contributed by atoms with E-state index >= 15 is 0 Å². The van der Waals surface area contributed by atoms with Crippen molar-refractivity contribution in [2.24, 2.45) is 0 Å². The minimum absolute atomic E-state index is 0.0448. The van der Waals surface area contributed by atoms with E-state index in [0.29, 0.717) is 24.9 Å². The minimum atomic E-state index is -4.10. The third-order valence-corrected chi connectivity index (χ3v) is 4.32. The Kier molecular flexibility index (Phi) is 3.42. The van der Waals surface area contributed by atoms with Crippen LogP contribution in [-0.4, -0.2) is 40.9 Å². The van der Waals surface area contributed by atoms with Crippen LogP contribution in [-0.2, 0) is 0 Å². The average molecular weight is 251 g/mol. The second kappa shape index (κ2) is 4.43. The van der Waals surface area contributed by atoms with Crippen LogP contribution >= 0.6 is 0 Å². The normalized spacial score (nSPS) is 38.6. The van der Waals surface area contributed by atoms with Gasteiger partial charge in [-0.05, 0) is 45.6 Å². The first-order chi connectivity index (χ1) is 7.79. The molecule has 0 radical (unpaired) electrons. The Balaban J connectivity index is 1.84. The number of hydrogen-bond donors (Lipinski definition) is 1. The number of aliphatic hydroxyl groups is 1. The highest BCUT2D eigenvalue weighted by Crippen LogP contribution is 2.42. The maximum absolute atomic E-state index is 12.1. The summed E-state index contributed by atoms with van der Waals surface area (Å²) in [6, 6.07) is 0.731. The Morgan fingerprint density at radius 3 is 2.24 bits per heavy atom. The molecule has 2 saturated heterocycles. The molecule has 2 aliphatic rings. The molecule has 2 rings (SSSR count). The molecule has 2 nitrogen and oxygen atoms in total. The highest BCUT2D eigenvalue weighted by Gasteiger charge is 2.45. The lowest BCUT2D eigenvalue weighted by atomic mass is 9.82. The van der Waals surface area contributed by atoms with Gasteiger partial charge < -0.3 is 10.0 Å². The molecule has 0 spiro atoms. The first-order valence-corrected chi connectivity index (χ1v) is 6.30. The molecular formula is C12H20F3NO. The van der Waals surface area contributed by atoms with E-state index in [1.807, 2.05) is 0 Å². The van der Waals surface area contributed by atoms with Gasteiger partial charge >= 0.3 is 6.18 Å². The SMILES string of the molecule is CN1C2CCC1CC(O)(CCCC(F)(F)F)C2. The van der Waals surface area contributed by atoms with Crippen molar-refractivity contribution in [3.63, 3.8) is 0 Å². The van der Waals surface area contributed by atoms with E-state index in [2.05, 4.69) is 11.9 Å². The molecule has 0 aromatic rings. The molecule has 100 valence electrons. The van der Waals surface area contributed by atoms with Gasteiger partial charge in [0, 0.05) is 18.5 Å². The molecule has 1 N–H and O–H groups in total. The molecule has 2 unspecified atom stereocenters. The maximum Gasteiger partial charge on any atom is 0.389 e. The molecule has 0 aromatic heterocycles. The first-order valence-electron chi connectivity index (χ1n) is 6.30. The number of fused-ring (bicyclic) bond motifs is 2. The van der Waals surface area contributed by atoms with Gasteiger partial charge in [-0.3, -0.25) is 0 Å². The fraction of sp³-hybridized carbons (Fsp3) is 1.00. The Hall–Kier alpha value is -0.290. The maximum atomic E-state index is 12.1. The van der Waals surface area contributed by atoms with E-state index in [0.717, 1.165) is 12.8 Å². The van der Waals surface area contributed by atoms with Crippen molar-refractivity contribution in [1.82, 2.24) is 4.90 Å². The fourth-order valence-electron chi connectivity index (χ4n) is 3.36. The van der Waals surface area contributed by atoms with Crippen LogP contribution in [0.3, 0.4) is 0 Å². The summed E-state index contributed by atoms with van der Waals surface area (Å²) in [4.78, 5) is 2.28. The van der Waals surface area contributed by atoms with E-state index in [1.165, 1.54) is 0 Å². The standard InChI is InChI=1S/C12H20F3NO/c1-16-9-3-4-10(16)8-11(17,7-9)5-2-6-12(13,14)15/h9-10,17H,2-8H2,1H3. The summed E-state index contributed by atoms with van der Waals surface area (Å²) in [6.45, 7) is 0. The molecule has 2 fully saturated rings. The van der Waals surface area contributed by atoms with Crippen molar-refractivity contribution in [2.45, 2.75) is 68.8 Å². The smallest absolute Gasteiger partial charge is 0.389 e. The van der Waals surface area contributed by atoms with Crippen molar-refractivity contribution >= 4 is 0 Å². The van der Waals surface area contributed by atoms with Crippen molar-refractivity contribution in [3.05, 3.63) is 0 Å². The molecule has 0 saturated carbocycles. The Morgan fingerprint density at radius 1 is 1.24 bits per heavy atom. The monoisotopic (exact) mass is 251 g/mol. The molecule has 5 heteroatoms. The molecular weight excluding hydrogens is 231 g/mol. The van der Waals surface area contributed by atoms with Crippen LogP contribution in [0.25, 0.3) is 0 Å². The van der Waals surface area contributed by atoms with Gasteiger partial charge in [-0.2, -0.15) is 13.2 Å². The number of nitrogens with zero attached hydrogens (tertiary/aromatic N) is 1. The molecule has 0 amide bonds. The van der Waals surface area contributed by atoms with Crippen LogP contribution in [0.5, 0.6) is 0 Å². The van der Waals surface area contributed by atoms with E-state index in [9.17, 15) is 18.3 Å². The Morgan fingerprint density at radius 2 is 1.76 bits per heavy atom.